The van der Waals surface area contributed by atoms with Crippen molar-refractivity contribution in [3.63, 3.8) is 0 Å². The van der Waals surface area contributed by atoms with E-state index in [0.717, 1.165) is 15.8 Å². The molecule has 116 valence electrons. The highest BCUT2D eigenvalue weighted by atomic mass is 32.2. The highest BCUT2D eigenvalue weighted by Crippen LogP contribution is 2.27. The second-order valence-electron chi connectivity index (χ2n) is 4.75. The van der Waals surface area contributed by atoms with Crippen LogP contribution >= 0.6 is 11.8 Å². The second kappa shape index (κ2) is 6.40. The lowest BCUT2D eigenvalue weighted by atomic mass is 10.1. The van der Waals surface area contributed by atoms with E-state index in [1.54, 1.807) is 6.07 Å². The summed E-state index contributed by atoms with van der Waals surface area (Å²) in [7, 11) is 0. The minimum absolute atomic E-state index is 0.216. The average molecular weight is 326 g/mol. The van der Waals surface area contributed by atoms with Crippen LogP contribution in [-0.2, 0) is 12.3 Å². The Hall–Kier alpha value is -2.01. The molecule has 0 bridgehead atoms. The van der Waals surface area contributed by atoms with E-state index in [2.05, 4.69) is 16.0 Å². The number of nitriles is 1. The lowest BCUT2D eigenvalue weighted by Crippen LogP contribution is -2.18. The van der Waals surface area contributed by atoms with Crippen LogP contribution < -0.4 is 0 Å². The maximum Gasteiger partial charge on any atom is 0.406 e. The summed E-state index contributed by atoms with van der Waals surface area (Å²) >= 11 is 1.21. The summed E-state index contributed by atoms with van der Waals surface area (Å²) < 4.78 is 38.5. The van der Waals surface area contributed by atoms with Crippen molar-refractivity contribution in [1.29, 1.82) is 5.26 Å². The van der Waals surface area contributed by atoms with Gasteiger partial charge in [0.15, 0.2) is 0 Å². The smallest absolute Gasteiger partial charge is 0.325 e. The van der Waals surface area contributed by atoms with Gasteiger partial charge in [0.25, 0.3) is 0 Å². The molecule has 0 aliphatic rings. The van der Waals surface area contributed by atoms with Crippen molar-refractivity contribution in [3.05, 3.63) is 41.1 Å². The molecule has 0 fully saturated rings. The second-order valence-corrected chi connectivity index (χ2v) is 5.71. The number of nitrogens with zero attached hydrogens (tertiary/aromatic N) is 4. The van der Waals surface area contributed by atoms with Gasteiger partial charge in [-0.15, -0.1) is 0 Å². The normalized spacial score (nSPS) is 11.5. The van der Waals surface area contributed by atoms with E-state index in [1.807, 2.05) is 13.8 Å². The van der Waals surface area contributed by atoms with Gasteiger partial charge in [0, 0.05) is 18.1 Å². The Balaban J connectivity index is 2.18. The number of hydrogen-bond acceptors (Lipinski definition) is 4. The van der Waals surface area contributed by atoms with Gasteiger partial charge in [0.2, 0.25) is 0 Å². The van der Waals surface area contributed by atoms with Crippen LogP contribution in [0.1, 0.15) is 22.6 Å². The van der Waals surface area contributed by atoms with Crippen molar-refractivity contribution in [2.45, 2.75) is 37.3 Å². The van der Waals surface area contributed by atoms with Crippen molar-refractivity contribution in [2.24, 2.45) is 0 Å². The number of alkyl halides is 3. The third kappa shape index (κ3) is 4.01. The Bertz CT molecular complexity index is 716. The van der Waals surface area contributed by atoms with Gasteiger partial charge in [0.1, 0.15) is 23.5 Å². The van der Waals surface area contributed by atoms with Crippen LogP contribution in [-0.4, -0.2) is 20.7 Å². The highest BCUT2D eigenvalue weighted by Gasteiger charge is 2.28. The quantitative estimate of drug-likeness (QED) is 0.805. The summed E-state index contributed by atoms with van der Waals surface area (Å²) in [5, 5.41) is 9.70. The van der Waals surface area contributed by atoms with Gasteiger partial charge in [0.05, 0.1) is 11.3 Å². The van der Waals surface area contributed by atoms with Gasteiger partial charge >= 0.3 is 6.18 Å². The molecule has 8 heteroatoms. The predicted octanol–water partition coefficient (Wildman–Crippen LogP) is 3.62. The predicted molar refractivity (Wildman–Crippen MR) is 76.3 cm³/mol. The molecule has 0 aliphatic carbocycles. The Labute approximate surface area is 130 Å². The van der Waals surface area contributed by atoms with E-state index in [1.165, 1.54) is 24.2 Å². The largest absolute Gasteiger partial charge is 0.406 e. The van der Waals surface area contributed by atoms with Crippen LogP contribution in [0.2, 0.25) is 0 Å². The highest BCUT2D eigenvalue weighted by molar-refractivity contribution is 7.98. The Morgan fingerprint density at radius 2 is 2.09 bits per heavy atom. The summed E-state index contributed by atoms with van der Waals surface area (Å²) in [6.07, 6.45) is -1.67. The van der Waals surface area contributed by atoms with Crippen molar-refractivity contribution >= 4 is 11.8 Å². The standard InChI is InChI=1S/C14H13F3N4S/c1-9-5-10(2)20-13(11(9)6-18)22-7-12-19-3-4-21(12)8-14(15,16)17/h3-5H,7-8H2,1-2H3. The van der Waals surface area contributed by atoms with Crippen molar-refractivity contribution in [2.75, 3.05) is 0 Å². The minimum atomic E-state index is -4.30. The molecule has 2 rings (SSSR count). The van der Waals surface area contributed by atoms with Gasteiger partial charge in [-0.25, -0.2) is 9.97 Å². The van der Waals surface area contributed by atoms with Gasteiger partial charge < -0.3 is 4.57 Å². The van der Waals surface area contributed by atoms with Gasteiger partial charge in [-0.05, 0) is 25.5 Å². The summed E-state index contributed by atoms with van der Waals surface area (Å²) in [5.41, 5.74) is 2.01. The average Bonchev–Trinajstić information content (AvgIpc) is 2.80. The van der Waals surface area contributed by atoms with E-state index in [4.69, 9.17) is 0 Å². The minimum Gasteiger partial charge on any atom is -0.325 e. The number of halogens is 3. The van der Waals surface area contributed by atoms with Crippen LogP contribution in [0.25, 0.3) is 0 Å². The maximum atomic E-state index is 12.5. The summed E-state index contributed by atoms with van der Waals surface area (Å²) in [5.74, 6) is 0.514. The molecular formula is C14H13F3N4S. The maximum absolute atomic E-state index is 12.5. The fourth-order valence-electron chi connectivity index (χ4n) is 1.99. The van der Waals surface area contributed by atoms with E-state index in [0.29, 0.717) is 16.4 Å². The van der Waals surface area contributed by atoms with Crippen LogP contribution in [0, 0.1) is 25.2 Å². The van der Waals surface area contributed by atoms with E-state index >= 15 is 0 Å². The number of imidazole rings is 1. The number of aromatic nitrogens is 3. The molecule has 2 aromatic heterocycles. The fraction of sp³-hybridized carbons (Fsp3) is 0.357. The van der Waals surface area contributed by atoms with E-state index in [-0.39, 0.29) is 5.75 Å². The first-order valence-corrected chi connectivity index (χ1v) is 7.36. The van der Waals surface area contributed by atoms with Crippen LogP contribution in [0.4, 0.5) is 13.2 Å². The van der Waals surface area contributed by atoms with Crippen LogP contribution in [0.3, 0.4) is 0 Å². The molecule has 0 aromatic carbocycles. The monoisotopic (exact) mass is 326 g/mol. The first-order valence-electron chi connectivity index (χ1n) is 6.38. The molecule has 0 radical (unpaired) electrons. The Kier molecular flexibility index (Phi) is 4.76. The van der Waals surface area contributed by atoms with Gasteiger partial charge in [-0.1, -0.05) is 11.8 Å². The molecule has 0 saturated heterocycles. The number of pyridine rings is 1. The van der Waals surface area contributed by atoms with E-state index in [9.17, 15) is 18.4 Å². The molecule has 0 unspecified atom stereocenters. The third-order valence-corrected chi connectivity index (χ3v) is 3.88. The van der Waals surface area contributed by atoms with Crippen LogP contribution in [0.15, 0.2) is 23.5 Å². The zero-order chi connectivity index (χ0) is 16.3. The number of rotatable bonds is 4. The topological polar surface area (TPSA) is 54.5 Å². The van der Waals surface area contributed by atoms with Gasteiger partial charge in [-0.3, -0.25) is 0 Å². The molecule has 0 N–H and O–H groups in total. The lowest BCUT2D eigenvalue weighted by Gasteiger charge is -2.11. The molecule has 4 nitrogen and oxygen atoms in total. The Morgan fingerprint density at radius 1 is 1.36 bits per heavy atom. The summed E-state index contributed by atoms with van der Waals surface area (Å²) in [4.78, 5) is 8.24. The molecule has 0 aliphatic heterocycles. The summed E-state index contributed by atoms with van der Waals surface area (Å²) in [6.45, 7) is 2.54. The number of aryl methyl sites for hydroxylation is 2. The molecular weight excluding hydrogens is 313 g/mol. The SMILES string of the molecule is Cc1cc(C)c(C#N)c(SCc2nccn2CC(F)(F)F)n1. The molecule has 0 amide bonds. The molecule has 2 aromatic rings. The third-order valence-electron chi connectivity index (χ3n) is 2.91. The van der Waals surface area contributed by atoms with Gasteiger partial charge in [-0.2, -0.15) is 18.4 Å². The Morgan fingerprint density at radius 3 is 2.73 bits per heavy atom. The fourth-order valence-corrected chi connectivity index (χ4v) is 3.06. The molecule has 0 spiro atoms. The number of hydrogen-bond donors (Lipinski definition) is 0. The zero-order valence-electron chi connectivity index (χ0n) is 12.0. The van der Waals surface area contributed by atoms with Crippen molar-refractivity contribution < 1.29 is 13.2 Å². The van der Waals surface area contributed by atoms with Crippen LogP contribution in [0.5, 0.6) is 0 Å². The number of thioether (sulfide) groups is 1. The molecule has 22 heavy (non-hydrogen) atoms. The lowest BCUT2D eigenvalue weighted by molar-refractivity contribution is -0.140. The zero-order valence-corrected chi connectivity index (χ0v) is 12.8. The summed E-state index contributed by atoms with van der Waals surface area (Å²) in [6, 6.07) is 3.88. The molecule has 0 atom stereocenters. The van der Waals surface area contributed by atoms with Crippen molar-refractivity contribution in [1.82, 2.24) is 14.5 Å². The molecule has 0 saturated carbocycles. The first kappa shape index (κ1) is 16.4. The first-order chi connectivity index (χ1) is 10.3. The molecule has 2 heterocycles. The van der Waals surface area contributed by atoms with Crippen molar-refractivity contribution in [3.8, 4) is 6.07 Å². The van der Waals surface area contributed by atoms with E-state index < -0.39 is 12.7 Å².